The van der Waals surface area contributed by atoms with Crippen molar-refractivity contribution >= 4 is 11.9 Å². The van der Waals surface area contributed by atoms with Crippen LogP contribution in [-0.2, 0) is 20.9 Å². The molecule has 2 aromatic carbocycles. The highest BCUT2D eigenvalue weighted by atomic mass is 16.5. The van der Waals surface area contributed by atoms with E-state index in [0.717, 1.165) is 36.5 Å². The van der Waals surface area contributed by atoms with Gasteiger partial charge in [-0.3, -0.25) is 14.5 Å². The Morgan fingerprint density at radius 2 is 1.70 bits per heavy atom. The minimum absolute atomic E-state index is 0.117. The molecular formula is C24H30N2O4. The fourth-order valence-corrected chi connectivity index (χ4v) is 3.41. The molecule has 1 fully saturated rings. The lowest BCUT2D eigenvalue weighted by atomic mass is 10.1. The minimum atomic E-state index is -0.420. The van der Waals surface area contributed by atoms with Gasteiger partial charge in [0.1, 0.15) is 5.75 Å². The second kappa shape index (κ2) is 10.8. The zero-order chi connectivity index (χ0) is 21.3. The molecule has 0 aromatic heterocycles. The molecule has 0 atom stereocenters. The normalized spacial score (nSPS) is 14.4. The molecule has 1 heterocycles. The van der Waals surface area contributed by atoms with E-state index in [9.17, 15) is 9.59 Å². The number of aryl methyl sites for hydroxylation is 2. The summed E-state index contributed by atoms with van der Waals surface area (Å²) in [5.74, 6) is 0.210. The fraction of sp³-hybridized carbons (Fsp3) is 0.417. The van der Waals surface area contributed by atoms with Gasteiger partial charge in [0.05, 0.1) is 13.0 Å². The number of hydrogen-bond acceptors (Lipinski definition) is 5. The third-order valence-electron chi connectivity index (χ3n) is 5.24. The second-order valence-corrected chi connectivity index (χ2v) is 7.67. The standard InChI is InChI=1S/C24H30N2O4/c1-19-8-9-20(2)22(16-19)29-15-10-24(28)30-18-23(27)26-13-11-25(12-14-26)17-21-6-4-3-5-7-21/h3-9,16H,10-15,17-18H2,1-2H3. The first-order chi connectivity index (χ1) is 14.5. The number of nitrogens with zero attached hydrogens (tertiary/aromatic N) is 2. The molecule has 0 saturated carbocycles. The van der Waals surface area contributed by atoms with Gasteiger partial charge in [0.15, 0.2) is 6.61 Å². The van der Waals surface area contributed by atoms with Gasteiger partial charge in [-0.15, -0.1) is 0 Å². The number of esters is 1. The molecule has 0 spiro atoms. The third-order valence-corrected chi connectivity index (χ3v) is 5.24. The summed E-state index contributed by atoms with van der Waals surface area (Å²) in [6, 6.07) is 16.3. The van der Waals surface area contributed by atoms with Crippen molar-refractivity contribution in [3.63, 3.8) is 0 Å². The molecule has 30 heavy (non-hydrogen) atoms. The predicted octanol–water partition coefficient (Wildman–Crippen LogP) is 2.96. The molecule has 1 aliphatic heterocycles. The van der Waals surface area contributed by atoms with E-state index in [4.69, 9.17) is 9.47 Å². The summed E-state index contributed by atoms with van der Waals surface area (Å²) in [4.78, 5) is 28.4. The summed E-state index contributed by atoms with van der Waals surface area (Å²) >= 11 is 0. The Bertz CT molecular complexity index is 846. The second-order valence-electron chi connectivity index (χ2n) is 7.67. The molecule has 3 rings (SSSR count). The molecule has 2 aromatic rings. The number of amides is 1. The summed E-state index contributed by atoms with van der Waals surface area (Å²) in [5.41, 5.74) is 3.40. The first-order valence-corrected chi connectivity index (χ1v) is 10.4. The van der Waals surface area contributed by atoms with Crippen LogP contribution < -0.4 is 4.74 Å². The Morgan fingerprint density at radius 3 is 2.43 bits per heavy atom. The Kier molecular flexibility index (Phi) is 7.85. The highest BCUT2D eigenvalue weighted by Crippen LogP contribution is 2.19. The number of carbonyl (C=O) groups is 2. The van der Waals surface area contributed by atoms with E-state index >= 15 is 0 Å². The van der Waals surface area contributed by atoms with Crippen LogP contribution in [0.3, 0.4) is 0 Å². The molecule has 6 nitrogen and oxygen atoms in total. The van der Waals surface area contributed by atoms with Crippen molar-refractivity contribution in [3.05, 3.63) is 65.2 Å². The first-order valence-electron chi connectivity index (χ1n) is 10.4. The van der Waals surface area contributed by atoms with Gasteiger partial charge in [0.25, 0.3) is 5.91 Å². The van der Waals surface area contributed by atoms with Crippen molar-refractivity contribution in [1.29, 1.82) is 0 Å². The van der Waals surface area contributed by atoms with Crippen molar-refractivity contribution in [1.82, 2.24) is 9.80 Å². The number of ether oxygens (including phenoxy) is 2. The van der Waals surface area contributed by atoms with Gasteiger partial charge in [-0.05, 0) is 36.6 Å². The van der Waals surface area contributed by atoms with Crippen LogP contribution in [0.4, 0.5) is 0 Å². The Balaban J connectivity index is 1.32. The van der Waals surface area contributed by atoms with Gasteiger partial charge in [-0.25, -0.2) is 0 Å². The third kappa shape index (κ3) is 6.59. The smallest absolute Gasteiger partial charge is 0.309 e. The molecule has 160 valence electrons. The quantitative estimate of drug-likeness (QED) is 0.626. The maximum Gasteiger partial charge on any atom is 0.309 e. The Hall–Kier alpha value is -2.86. The maximum absolute atomic E-state index is 12.3. The van der Waals surface area contributed by atoms with Crippen molar-refractivity contribution < 1.29 is 19.1 Å². The summed E-state index contributed by atoms with van der Waals surface area (Å²) < 4.78 is 10.8. The first kappa shape index (κ1) is 21.8. The molecule has 0 aliphatic carbocycles. The van der Waals surface area contributed by atoms with Crippen LogP contribution >= 0.6 is 0 Å². The number of rotatable bonds is 8. The van der Waals surface area contributed by atoms with Crippen LogP contribution in [0.25, 0.3) is 0 Å². The fourth-order valence-electron chi connectivity index (χ4n) is 3.41. The van der Waals surface area contributed by atoms with E-state index in [0.29, 0.717) is 13.1 Å². The summed E-state index contributed by atoms with van der Waals surface area (Å²) in [6.45, 7) is 7.81. The summed E-state index contributed by atoms with van der Waals surface area (Å²) in [7, 11) is 0. The van der Waals surface area contributed by atoms with Gasteiger partial charge in [0.2, 0.25) is 0 Å². The van der Waals surface area contributed by atoms with Crippen LogP contribution in [0.5, 0.6) is 5.75 Å². The van der Waals surface area contributed by atoms with Crippen molar-refractivity contribution in [3.8, 4) is 5.75 Å². The summed E-state index contributed by atoms with van der Waals surface area (Å²) in [5, 5.41) is 0. The van der Waals surface area contributed by atoms with E-state index in [-0.39, 0.29) is 25.5 Å². The van der Waals surface area contributed by atoms with Crippen LogP contribution in [-0.4, -0.2) is 61.1 Å². The zero-order valence-corrected chi connectivity index (χ0v) is 17.8. The van der Waals surface area contributed by atoms with E-state index in [1.807, 2.05) is 50.2 Å². The van der Waals surface area contributed by atoms with E-state index in [1.54, 1.807) is 4.90 Å². The predicted molar refractivity (Wildman–Crippen MR) is 115 cm³/mol. The van der Waals surface area contributed by atoms with Crippen LogP contribution in [0.2, 0.25) is 0 Å². The molecule has 1 saturated heterocycles. The molecular weight excluding hydrogens is 380 g/mol. The SMILES string of the molecule is Cc1ccc(C)c(OCCC(=O)OCC(=O)N2CCN(Cc3ccccc3)CC2)c1. The molecule has 0 radical (unpaired) electrons. The Morgan fingerprint density at radius 1 is 0.967 bits per heavy atom. The average Bonchev–Trinajstić information content (AvgIpc) is 2.76. The van der Waals surface area contributed by atoms with Gasteiger partial charge in [0, 0.05) is 32.7 Å². The minimum Gasteiger partial charge on any atom is -0.493 e. The van der Waals surface area contributed by atoms with Crippen LogP contribution in [0.1, 0.15) is 23.1 Å². The van der Waals surface area contributed by atoms with Gasteiger partial charge in [-0.2, -0.15) is 0 Å². The van der Waals surface area contributed by atoms with E-state index in [2.05, 4.69) is 17.0 Å². The highest BCUT2D eigenvalue weighted by Gasteiger charge is 2.22. The molecule has 0 N–H and O–H groups in total. The maximum atomic E-state index is 12.3. The van der Waals surface area contributed by atoms with Crippen molar-refractivity contribution in [2.24, 2.45) is 0 Å². The van der Waals surface area contributed by atoms with Crippen molar-refractivity contribution in [2.45, 2.75) is 26.8 Å². The number of benzene rings is 2. The Labute approximate surface area is 178 Å². The highest BCUT2D eigenvalue weighted by molar-refractivity contribution is 5.80. The lowest BCUT2D eigenvalue weighted by Gasteiger charge is -2.34. The molecule has 0 bridgehead atoms. The zero-order valence-electron chi connectivity index (χ0n) is 17.8. The topological polar surface area (TPSA) is 59.1 Å². The van der Waals surface area contributed by atoms with E-state index < -0.39 is 5.97 Å². The lowest BCUT2D eigenvalue weighted by Crippen LogP contribution is -2.49. The van der Waals surface area contributed by atoms with Crippen molar-refractivity contribution in [2.75, 3.05) is 39.4 Å². The summed E-state index contributed by atoms with van der Waals surface area (Å²) in [6.07, 6.45) is 0.117. The molecule has 0 unspecified atom stereocenters. The van der Waals surface area contributed by atoms with Crippen LogP contribution in [0.15, 0.2) is 48.5 Å². The van der Waals surface area contributed by atoms with Gasteiger partial charge in [-0.1, -0.05) is 42.5 Å². The molecule has 1 amide bonds. The van der Waals surface area contributed by atoms with E-state index in [1.165, 1.54) is 5.56 Å². The number of piperazine rings is 1. The van der Waals surface area contributed by atoms with Gasteiger partial charge >= 0.3 is 5.97 Å². The number of carbonyl (C=O) groups excluding carboxylic acids is 2. The average molecular weight is 411 g/mol. The monoisotopic (exact) mass is 410 g/mol. The largest absolute Gasteiger partial charge is 0.493 e. The molecule has 6 heteroatoms. The van der Waals surface area contributed by atoms with Crippen LogP contribution in [0, 0.1) is 13.8 Å². The van der Waals surface area contributed by atoms with Gasteiger partial charge < -0.3 is 14.4 Å². The lowest BCUT2D eigenvalue weighted by molar-refractivity contribution is -0.153. The number of hydrogen-bond donors (Lipinski definition) is 0. The molecule has 1 aliphatic rings.